The van der Waals surface area contributed by atoms with Crippen LogP contribution in [0, 0.1) is 5.92 Å². The first-order valence-corrected chi connectivity index (χ1v) is 6.32. The number of phenols is 1. The first-order valence-electron chi connectivity index (χ1n) is 5.95. The first-order chi connectivity index (χ1) is 8.25. The highest BCUT2D eigenvalue weighted by molar-refractivity contribution is 6.30. The Balaban J connectivity index is 1.92. The molecule has 0 bridgehead atoms. The van der Waals surface area contributed by atoms with E-state index < -0.39 is 0 Å². The fourth-order valence-corrected chi connectivity index (χ4v) is 2.17. The summed E-state index contributed by atoms with van der Waals surface area (Å²) < 4.78 is 0. The molecule has 1 saturated heterocycles. The van der Waals surface area contributed by atoms with Gasteiger partial charge in [-0.15, -0.1) is 0 Å². The number of hydrogen-bond donors (Lipinski definition) is 2. The van der Waals surface area contributed by atoms with Crippen molar-refractivity contribution in [2.45, 2.75) is 12.8 Å². The summed E-state index contributed by atoms with van der Waals surface area (Å²) in [7, 11) is 0. The van der Waals surface area contributed by atoms with Crippen molar-refractivity contribution in [2.75, 3.05) is 19.6 Å². The van der Waals surface area contributed by atoms with Crippen LogP contribution in [0.3, 0.4) is 0 Å². The van der Waals surface area contributed by atoms with Crippen LogP contribution in [0.4, 0.5) is 0 Å². The highest BCUT2D eigenvalue weighted by Gasteiger charge is 2.11. The number of nitrogens with zero attached hydrogens (tertiary/aromatic N) is 1. The molecule has 1 aliphatic heterocycles. The third kappa shape index (κ3) is 3.72. The molecule has 0 saturated carbocycles. The molecule has 0 spiro atoms. The van der Waals surface area contributed by atoms with Crippen molar-refractivity contribution in [3.05, 3.63) is 28.8 Å². The number of aliphatic imine (C=N–C) groups is 1. The van der Waals surface area contributed by atoms with Gasteiger partial charge in [0.25, 0.3) is 0 Å². The number of phenolic OH excluding ortho intramolecular Hbond substituents is 1. The Morgan fingerprint density at radius 1 is 1.41 bits per heavy atom. The molecule has 3 nitrogen and oxygen atoms in total. The van der Waals surface area contributed by atoms with Gasteiger partial charge in [0.1, 0.15) is 5.75 Å². The Hall–Kier alpha value is -1.06. The molecular weight excluding hydrogens is 236 g/mol. The molecule has 0 atom stereocenters. The lowest BCUT2D eigenvalue weighted by atomic mass is 9.98. The Morgan fingerprint density at radius 3 is 2.94 bits per heavy atom. The van der Waals surface area contributed by atoms with E-state index in [0.717, 1.165) is 19.6 Å². The van der Waals surface area contributed by atoms with Crippen LogP contribution in [-0.2, 0) is 0 Å². The number of piperidine rings is 1. The number of rotatable bonds is 3. The zero-order valence-corrected chi connectivity index (χ0v) is 10.5. The van der Waals surface area contributed by atoms with E-state index in [1.165, 1.54) is 12.8 Å². The van der Waals surface area contributed by atoms with Gasteiger partial charge in [-0.3, -0.25) is 4.99 Å². The zero-order valence-electron chi connectivity index (χ0n) is 9.69. The highest BCUT2D eigenvalue weighted by atomic mass is 35.5. The van der Waals surface area contributed by atoms with Crippen LogP contribution >= 0.6 is 11.6 Å². The van der Waals surface area contributed by atoms with E-state index in [9.17, 15) is 5.11 Å². The van der Waals surface area contributed by atoms with Crippen molar-refractivity contribution in [1.82, 2.24) is 5.32 Å². The van der Waals surface area contributed by atoms with Crippen molar-refractivity contribution in [2.24, 2.45) is 10.9 Å². The molecule has 0 unspecified atom stereocenters. The monoisotopic (exact) mass is 252 g/mol. The van der Waals surface area contributed by atoms with Gasteiger partial charge in [0, 0.05) is 23.3 Å². The minimum Gasteiger partial charge on any atom is -0.507 e. The molecule has 2 rings (SSSR count). The third-order valence-electron chi connectivity index (χ3n) is 3.04. The molecule has 4 heteroatoms. The van der Waals surface area contributed by atoms with Gasteiger partial charge in [0.05, 0.1) is 0 Å². The quantitative estimate of drug-likeness (QED) is 0.812. The van der Waals surface area contributed by atoms with E-state index in [4.69, 9.17) is 11.6 Å². The average Bonchev–Trinajstić information content (AvgIpc) is 2.35. The lowest BCUT2D eigenvalue weighted by Gasteiger charge is -2.20. The van der Waals surface area contributed by atoms with Crippen molar-refractivity contribution in [3.63, 3.8) is 0 Å². The van der Waals surface area contributed by atoms with Crippen LogP contribution in [0.2, 0.25) is 5.02 Å². The molecule has 92 valence electrons. The van der Waals surface area contributed by atoms with Gasteiger partial charge in [-0.05, 0) is 50.0 Å². The highest BCUT2D eigenvalue weighted by Crippen LogP contribution is 2.20. The standard InChI is InChI=1S/C13H17ClN2O/c14-12-1-2-13(17)11(7-12)9-16-8-10-3-5-15-6-4-10/h1-2,7,9-10,15,17H,3-6,8H2. The van der Waals surface area contributed by atoms with Crippen molar-refractivity contribution >= 4 is 17.8 Å². The zero-order chi connectivity index (χ0) is 12.1. The lowest BCUT2D eigenvalue weighted by Crippen LogP contribution is -2.28. The van der Waals surface area contributed by atoms with Gasteiger partial charge >= 0.3 is 0 Å². The van der Waals surface area contributed by atoms with Gasteiger partial charge in [-0.2, -0.15) is 0 Å². The fraction of sp³-hybridized carbons (Fsp3) is 0.462. The Bertz CT molecular complexity index is 400. The minimum absolute atomic E-state index is 0.225. The van der Waals surface area contributed by atoms with Gasteiger partial charge in [-0.1, -0.05) is 11.6 Å². The topological polar surface area (TPSA) is 44.6 Å². The van der Waals surface area contributed by atoms with Crippen LogP contribution < -0.4 is 5.32 Å². The molecule has 1 aliphatic rings. The second-order valence-corrected chi connectivity index (χ2v) is 4.83. The van der Waals surface area contributed by atoms with Crippen LogP contribution in [-0.4, -0.2) is 31.0 Å². The maximum absolute atomic E-state index is 9.61. The van der Waals surface area contributed by atoms with E-state index >= 15 is 0 Å². The first kappa shape index (κ1) is 12.4. The van der Waals surface area contributed by atoms with Crippen LogP contribution in [0.25, 0.3) is 0 Å². The van der Waals surface area contributed by atoms with Gasteiger partial charge in [-0.25, -0.2) is 0 Å². The summed E-state index contributed by atoms with van der Waals surface area (Å²) in [6.07, 6.45) is 4.07. The number of nitrogens with one attached hydrogen (secondary N) is 1. The Kier molecular flexibility index (Phi) is 4.40. The minimum atomic E-state index is 0.225. The van der Waals surface area contributed by atoms with Crippen molar-refractivity contribution < 1.29 is 5.11 Å². The average molecular weight is 253 g/mol. The molecule has 17 heavy (non-hydrogen) atoms. The summed E-state index contributed by atoms with van der Waals surface area (Å²) in [6.45, 7) is 3.00. The molecule has 0 aliphatic carbocycles. The molecule has 2 N–H and O–H groups in total. The van der Waals surface area contributed by atoms with E-state index in [2.05, 4.69) is 10.3 Å². The second-order valence-electron chi connectivity index (χ2n) is 4.39. The predicted molar refractivity (Wildman–Crippen MR) is 71.2 cm³/mol. The largest absolute Gasteiger partial charge is 0.507 e. The Labute approximate surface area is 107 Å². The predicted octanol–water partition coefficient (Wildman–Crippen LogP) is 2.46. The van der Waals surface area contributed by atoms with Crippen molar-refractivity contribution in [3.8, 4) is 5.75 Å². The summed E-state index contributed by atoms with van der Waals surface area (Å²) in [5.41, 5.74) is 0.687. The van der Waals surface area contributed by atoms with Crippen molar-refractivity contribution in [1.29, 1.82) is 0 Å². The number of aromatic hydroxyl groups is 1. The molecule has 1 aromatic carbocycles. The molecule has 1 heterocycles. The molecule has 0 radical (unpaired) electrons. The molecule has 1 fully saturated rings. The van der Waals surface area contributed by atoms with Gasteiger partial charge in [0.2, 0.25) is 0 Å². The fourth-order valence-electron chi connectivity index (χ4n) is 1.99. The third-order valence-corrected chi connectivity index (χ3v) is 3.28. The maximum atomic E-state index is 9.61. The summed E-state index contributed by atoms with van der Waals surface area (Å²) in [6, 6.07) is 4.98. The SMILES string of the molecule is Oc1ccc(Cl)cc1C=NCC1CCNCC1. The molecule has 0 amide bonds. The lowest BCUT2D eigenvalue weighted by molar-refractivity contribution is 0.383. The van der Waals surface area contributed by atoms with Crippen LogP contribution in [0.1, 0.15) is 18.4 Å². The summed E-state index contributed by atoms with van der Waals surface area (Å²) in [4.78, 5) is 4.40. The maximum Gasteiger partial charge on any atom is 0.124 e. The number of hydrogen-bond acceptors (Lipinski definition) is 3. The Morgan fingerprint density at radius 2 is 2.18 bits per heavy atom. The van der Waals surface area contributed by atoms with Gasteiger partial charge < -0.3 is 10.4 Å². The number of halogens is 1. The summed E-state index contributed by atoms with van der Waals surface area (Å²) in [5, 5.41) is 13.6. The van der Waals surface area contributed by atoms with Crippen LogP contribution in [0.5, 0.6) is 5.75 Å². The normalized spacial score (nSPS) is 17.7. The van der Waals surface area contributed by atoms with Gasteiger partial charge in [0.15, 0.2) is 0 Å². The molecular formula is C13H17ClN2O. The number of benzene rings is 1. The van der Waals surface area contributed by atoms with E-state index in [1.54, 1.807) is 24.4 Å². The van der Waals surface area contributed by atoms with E-state index in [-0.39, 0.29) is 5.75 Å². The summed E-state index contributed by atoms with van der Waals surface area (Å²) >= 11 is 5.86. The summed E-state index contributed by atoms with van der Waals surface area (Å²) in [5.74, 6) is 0.886. The molecule has 1 aromatic rings. The van der Waals surface area contributed by atoms with Crippen LogP contribution in [0.15, 0.2) is 23.2 Å². The second kappa shape index (κ2) is 6.03. The molecule has 0 aromatic heterocycles. The van der Waals surface area contributed by atoms with E-state index in [0.29, 0.717) is 16.5 Å². The smallest absolute Gasteiger partial charge is 0.124 e. The van der Waals surface area contributed by atoms with E-state index in [1.807, 2.05) is 0 Å².